The van der Waals surface area contributed by atoms with Gasteiger partial charge < -0.3 is 19.9 Å². The Balaban J connectivity index is 3.39. The van der Waals surface area contributed by atoms with Crippen LogP contribution >= 0.6 is 11.8 Å². The van der Waals surface area contributed by atoms with Gasteiger partial charge in [-0.05, 0) is 18.7 Å². The Kier molecular flexibility index (Phi) is 9.84. The third kappa shape index (κ3) is 12.4. The van der Waals surface area contributed by atoms with Crippen LogP contribution in [0.4, 0.5) is 13.2 Å². The molecular weight excluding hydrogens is 271 g/mol. The van der Waals surface area contributed by atoms with Crippen molar-refractivity contribution in [2.24, 2.45) is 0 Å². The number of halogens is 3. The highest BCUT2D eigenvalue weighted by atomic mass is 32.2. The van der Waals surface area contributed by atoms with Gasteiger partial charge in [-0.2, -0.15) is 13.2 Å². The summed E-state index contributed by atoms with van der Waals surface area (Å²) in [5.74, 6) is -0.0723. The van der Waals surface area contributed by atoms with E-state index >= 15 is 0 Å². The summed E-state index contributed by atoms with van der Waals surface area (Å²) < 4.78 is 45.4. The molecule has 4 nitrogen and oxygen atoms in total. The Morgan fingerprint density at radius 2 is 2.00 bits per heavy atom. The summed E-state index contributed by atoms with van der Waals surface area (Å²) in [6.45, 7) is 2.77. The molecule has 8 heteroatoms. The SMILES string of the molecule is COCC(C)OCC(O)CNCCSC(F)(F)F. The van der Waals surface area contributed by atoms with Gasteiger partial charge in [0.2, 0.25) is 0 Å². The smallest absolute Gasteiger partial charge is 0.389 e. The molecular formula is C10H20F3NO3S. The Bertz CT molecular complexity index is 207. The van der Waals surface area contributed by atoms with Crippen LogP contribution in [-0.4, -0.2) is 62.0 Å². The maximum atomic E-state index is 11.8. The lowest BCUT2D eigenvalue weighted by molar-refractivity contribution is -0.0330. The Labute approximate surface area is 109 Å². The van der Waals surface area contributed by atoms with Crippen LogP contribution in [0, 0.1) is 0 Å². The summed E-state index contributed by atoms with van der Waals surface area (Å²) in [6.07, 6.45) is -0.856. The molecule has 0 bridgehead atoms. The third-order valence-corrected chi connectivity index (χ3v) is 2.63. The highest BCUT2D eigenvalue weighted by Gasteiger charge is 2.27. The lowest BCUT2D eigenvalue weighted by Crippen LogP contribution is -2.33. The van der Waals surface area contributed by atoms with Crippen molar-refractivity contribution in [2.45, 2.75) is 24.6 Å². The highest BCUT2D eigenvalue weighted by Crippen LogP contribution is 2.29. The van der Waals surface area contributed by atoms with Crippen LogP contribution in [0.1, 0.15) is 6.92 Å². The van der Waals surface area contributed by atoms with E-state index in [1.54, 1.807) is 7.11 Å². The quantitative estimate of drug-likeness (QED) is 0.593. The largest absolute Gasteiger partial charge is 0.441 e. The molecule has 0 saturated heterocycles. The first kappa shape index (κ1) is 18.0. The number of methoxy groups -OCH3 is 1. The minimum atomic E-state index is -4.20. The van der Waals surface area contributed by atoms with E-state index in [0.29, 0.717) is 6.61 Å². The molecule has 0 heterocycles. The van der Waals surface area contributed by atoms with Gasteiger partial charge in [-0.3, -0.25) is 0 Å². The zero-order valence-electron chi connectivity index (χ0n) is 10.5. The van der Waals surface area contributed by atoms with Crippen molar-refractivity contribution in [3.63, 3.8) is 0 Å². The molecule has 110 valence electrons. The minimum absolute atomic E-state index is 0.0723. The number of hydrogen-bond acceptors (Lipinski definition) is 5. The number of aliphatic hydroxyl groups is 1. The molecule has 0 amide bonds. The Morgan fingerprint density at radius 1 is 1.33 bits per heavy atom. The van der Waals surface area contributed by atoms with Gasteiger partial charge in [0.15, 0.2) is 0 Å². The van der Waals surface area contributed by atoms with Gasteiger partial charge in [0, 0.05) is 26.0 Å². The first-order valence-electron chi connectivity index (χ1n) is 5.55. The Morgan fingerprint density at radius 3 is 2.56 bits per heavy atom. The van der Waals surface area contributed by atoms with Gasteiger partial charge in [-0.1, -0.05) is 0 Å². The predicted molar refractivity (Wildman–Crippen MR) is 64.7 cm³/mol. The first-order valence-corrected chi connectivity index (χ1v) is 6.53. The number of ether oxygens (including phenoxy) is 2. The van der Waals surface area contributed by atoms with Crippen molar-refractivity contribution in [3.8, 4) is 0 Å². The highest BCUT2D eigenvalue weighted by molar-refractivity contribution is 8.00. The van der Waals surface area contributed by atoms with Crippen molar-refractivity contribution >= 4 is 11.8 Å². The van der Waals surface area contributed by atoms with Crippen LogP contribution in [0.3, 0.4) is 0 Å². The molecule has 0 aliphatic carbocycles. The summed E-state index contributed by atoms with van der Waals surface area (Å²) in [5, 5.41) is 12.2. The number of hydrogen-bond donors (Lipinski definition) is 2. The fourth-order valence-electron chi connectivity index (χ4n) is 1.12. The lowest BCUT2D eigenvalue weighted by atomic mass is 10.3. The summed E-state index contributed by atoms with van der Waals surface area (Å²) in [7, 11) is 1.55. The summed E-state index contributed by atoms with van der Waals surface area (Å²) in [5.41, 5.74) is -4.20. The van der Waals surface area contributed by atoms with Gasteiger partial charge in [0.25, 0.3) is 0 Å². The van der Waals surface area contributed by atoms with E-state index in [9.17, 15) is 18.3 Å². The van der Waals surface area contributed by atoms with Gasteiger partial charge in [0.1, 0.15) is 0 Å². The second-order valence-electron chi connectivity index (χ2n) is 3.75. The van der Waals surface area contributed by atoms with Crippen LogP contribution < -0.4 is 5.32 Å². The molecule has 0 saturated carbocycles. The topological polar surface area (TPSA) is 50.7 Å². The van der Waals surface area contributed by atoms with E-state index in [1.807, 2.05) is 6.92 Å². The van der Waals surface area contributed by atoms with Crippen LogP contribution in [0.25, 0.3) is 0 Å². The lowest BCUT2D eigenvalue weighted by Gasteiger charge is -2.16. The zero-order chi connectivity index (χ0) is 14.0. The maximum absolute atomic E-state index is 11.8. The average molecular weight is 291 g/mol. The van der Waals surface area contributed by atoms with Gasteiger partial charge in [-0.25, -0.2) is 0 Å². The molecule has 0 aromatic carbocycles. The molecule has 0 rings (SSSR count). The van der Waals surface area contributed by atoms with Crippen molar-refractivity contribution in [3.05, 3.63) is 0 Å². The fraction of sp³-hybridized carbons (Fsp3) is 1.00. The molecule has 0 fully saturated rings. The molecule has 0 spiro atoms. The van der Waals surface area contributed by atoms with Crippen molar-refractivity contribution in [1.82, 2.24) is 5.32 Å². The molecule has 0 aromatic rings. The maximum Gasteiger partial charge on any atom is 0.441 e. The summed E-state index contributed by atoms with van der Waals surface area (Å²) >= 11 is -0.0818. The predicted octanol–water partition coefficient (Wildman–Crippen LogP) is 1.24. The zero-order valence-corrected chi connectivity index (χ0v) is 11.3. The van der Waals surface area contributed by atoms with Gasteiger partial charge >= 0.3 is 5.51 Å². The standard InChI is InChI=1S/C10H20F3NO3S/c1-8(6-16-2)17-7-9(15)5-14-3-4-18-10(11,12)13/h8-9,14-15H,3-7H2,1-2H3. The Hall–Kier alpha value is -0.0200. The monoisotopic (exact) mass is 291 g/mol. The van der Waals surface area contributed by atoms with Gasteiger partial charge in [0.05, 0.1) is 25.4 Å². The summed E-state index contributed by atoms with van der Waals surface area (Å²) in [4.78, 5) is 0. The second kappa shape index (κ2) is 9.85. The van der Waals surface area contributed by atoms with Crippen molar-refractivity contribution in [1.29, 1.82) is 0 Å². The molecule has 2 atom stereocenters. The fourth-order valence-corrected chi connectivity index (χ4v) is 1.60. The second-order valence-corrected chi connectivity index (χ2v) is 4.91. The molecule has 18 heavy (non-hydrogen) atoms. The normalized spacial score (nSPS) is 15.7. The first-order chi connectivity index (χ1) is 8.35. The van der Waals surface area contributed by atoms with Crippen LogP contribution in [0.5, 0.6) is 0 Å². The average Bonchev–Trinajstić information content (AvgIpc) is 2.25. The molecule has 2 unspecified atom stereocenters. The van der Waals surface area contributed by atoms with E-state index < -0.39 is 11.6 Å². The summed E-state index contributed by atoms with van der Waals surface area (Å²) in [6, 6.07) is 0. The number of alkyl halides is 3. The number of rotatable bonds is 10. The van der Waals surface area contributed by atoms with Crippen LogP contribution in [0.2, 0.25) is 0 Å². The molecule has 0 radical (unpaired) electrons. The number of nitrogens with one attached hydrogen (secondary N) is 1. The number of aliphatic hydroxyl groups excluding tert-OH is 1. The number of thioether (sulfide) groups is 1. The van der Waals surface area contributed by atoms with Crippen molar-refractivity contribution < 1.29 is 27.8 Å². The molecule has 2 N–H and O–H groups in total. The van der Waals surface area contributed by atoms with E-state index in [0.717, 1.165) is 0 Å². The van der Waals surface area contributed by atoms with Crippen LogP contribution in [0.15, 0.2) is 0 Å². The van der Waals surface area contributed by atoms with E-state index in [1.165, 1.54) is 0 Å². The molecule has 0 aliphatic heterocycles. The van der Waals surface area contributed by atoms with E-state index in [-0.39, 0.29) is 43.3 Å². The van der Waals surface area contributed by atoms with Crippen LogP contribution in [-0.2, 0) is 9.47 Å². The van der Waals surface area contributed by atoms with Crippen molar-refractivity contribution in [2.75, 3.05) is 39.2 Å². The van der Waals surface area contributed by atoms with Gasteiger partial charge in [-0.15, -0.1) is 0 Å². The molecule has 0 aromatic heterocycles. The van der Waals surface area contributed by atoms with E-state index in [4.69, 9.17) is 9.47 Å². The van der Waals surface area contributed by atoms with E-state index in [2.05, 4.69) is 5.32 Å². The molecule has 0 aliphatic rings. The third-order valence-electron chi connectivity index (χ3n) is 1.90. The minimum Gasteiger partial charge on any atom is -0.389 e.